The highest BCUT2D eigenvalue weighted by molar-refractivity contribution is 7.99. The van der Waals surface area contributed by atoms with E-state index >= 15 is 0 Å². The Balaban J connectivity index is 1.27. The summed E-state index contributed by atoms with van der Waals surface area (Å²) in [5.41, 5.74) is 8.23. The van der Waals surface area contributed by atoms with Crippen LogP contribution in [0.1, 0.15) is 94.2 Å². The van der Waals surface area contributed by atoms with Crippen LogP contribution in [0.2, 0.25) is 0 Å². The Morgan fingerprint density at radius 1 is 0.757 bits per heavy atom. The first-order valence-corrected chi connectivity index (χ1v) is 15.9. The third-order valence-electron chi connectivity index (χ3n) is 7.90. The third kappa shape index (κ3) is 7.50. The van der Waals surface area contributed by atoms with Crippen LogP contribution in [0.4, 0.5) is 0 Å². The molecule has 4 rings (SSSR count). The minimum atomic E-state index is 0.927. The van der Waals surface area contributed by atoms with Gasteiger partial charge in [-0.3, -0.25) is 0 Å². The summed E-state index contributed by atoms with van der Waals surface area (Å²) in [5.74, 6) is 4.65. The van der Waals surface area contributed by atoms with Gasteiger partial charge in [-0.2, -0.15) is 11.8 Å². The minimum Gasteiger partial charge on any atom is -0.497 e. The number of rotatable bonds is 17. The molecule has 0 saturated carbocycles. The van der Waals surface area contributed by atoms with E-state index in [0.717, 1.165) is 30.8 Å². The van der Waals surface area contributed by atoms with Crippen LogP contribution in [0.5, 0.6) is 11.5 Å². The van der Waals surface area contributed by atoms with Gasteiger partial charge < -0.3 is 14.5 Å². The van der Waals surface area contributed by atoms with Crippen LogP contribution in [0, 0.1) is 0 Å². The molecule has 3 nitrogen and oxygen atoms in total. The molecule has 0 radical (unpaired) electrons. The molecule has 0 atom stereocenters. The molecule has 0 spiro atoms. The largest absolute Gasteiger partial charge is 0.497 e. The number of fused-ring (bicyclic) bond motifs is 5. The quantitative estimate of drug-likeness (QED) is 0.180. The molecule has 0 fully saturated rings. The van der Waals surface area contributed by atoms with E-state index in [9.17, 15) is 0 Å². The lowest BCUT2D eigenvalue weighted by Crippen LogP contribution is -2.07. The van der Waals surface area contributed by atoms with Gasteiger partial charge in [0.25, 0.3) is 0 Å². The fourth-order valence-electron chi connectivity index (χ4n) is 5.79. The number of methoxy groups -OCH3 is 2. The maximum absolute atomic E-state index is 5.69. The maximum Gasteiger partial charge on any atom is 0.119 e. The average molecular weight is 522 g/mol. The van der Waals surface area contributed by atoms with E-state index in [-0.39, 0.29) is 0 Å². The molecule has 1 aliphatic carbocycles. The molecule has 0 unspecified atom stereocenters. The van der Waals surface area contributed by atoms with Crippen LogP contribution in [-0.2, 0) is 19.3 Å². The molecule has 0 amide bonds. The van der Waals surface area contributed by atoms with Crippen molar-refractivity contribution in [2.75, 3.05) is 25.7 Å². The minimum absolute atomic E-state index is 0.927. The average Bonchev–Trinajstić information content (AvgIpc) is 3.30. The van der Waals surface area contributed by atoms with Crippen molar-refractivity contribution in [1.29, 1.82) is 0 Å². The second kappa shape index (κ2) is 14.8. The highest BCUT2D eigenvalue weighted by Gasteiger charge is 2.24. The van der Waals surface area contributed by atoms with Crippen LogP contribution in [0.25, 0.3) is 22.2 Å². The van der Waals surface area contributed by atoms with E-state index in [0.29, 0.717) is 0 Å². The predicted molar refractivity (Wildman–Crippen MR) is 162 cm³/mol. The fourth-order valence-corrected chi connectivity index (χ4v) is 6.81. The topological polar surface area (TPSA) is 34.2 Å². The van der Waals surface area contributed by atoms with E-state index in [1.54, 1.807) is 14.2 Å². The number of H-pyrrole nitrogens is 1. The van der Waals surface area contributed by atoms with Crippen LogP contribution < -0.4 is 9.47 Å². The van der Waals surface area contributed by atoms with Crippen molar-refractivity contribution in [2.45, 2.75) is 96.8 Å². The molecule has 3 aromatic rings. The summed E-state index contributed by atoms with van der Waals surface area (Å²) in [7, 11) is 3.54. The summed E-state index contributed by atoms with van der Waals surface area (Å²) in [5, 5.41) is 1.30. The lowest BCUT2D eigenvalue weighted by Gasteiger charge is -2.22. The van der Waals surface area contributed by atoms with E-state index in [2.05, 4.69) is 47.9 Å². The summed E-state index contributed by atoms with van der Waals surface area (Å²) >= 11 is 2.16. The number of benzene rings is 2. The Morgan fingerprint density at radius 2 is 1.46 bits per heavy atom. The number of unbranched alkanes of at least 4 members (excludes halogenated alkanes) is 9. The van der Waals surface area contributed by atoms with Gasteiger partial charge in [0.05, 0.1) is 19.9 Å². The number of nitrogens with one attached hydrogen (secondary N) is 1. The Labute approximate surface area is 229 Å². The standard InChI is InChI=1S/C33H47NO2S/c1-4-5-13-20-37-21-14-11-9-7-6-8-10-12-15-25-22-28(36-3)23-26-16-18-29-30-24-27(35-2)17-19-31(30)34-33(29)32(25)26/h17,19,22-24,34H,4-16,18,20-21H2,1-3H3. The molecule has 4 heteroatoms. The number of aromatic amines is 1. The van der Waals surface area contributed by atoms with Gasteiger partial charge in [0, 0.05) is 16.5 Å². The first-order chi connectivity index (χ1) is 18.2. The summed E-state index contributed by atoms with van der Waals surface area (Å²) in [4.78, 5) is 3.76. The van der Waals surface area contributed by atoms with E-state index in [1.807, 2.05) is 6.07 Å². The fraction of sp³-hybridized carbons (Fsp3) is 0.576. The first-order valence-electron chi connectivity index (χ1n) is 14.7. The van der Waals surface area contributed by atoms with Gasteiger partial charge in [0.15, 0.2) is 0 Å². The van der Waals surface area contributed by atoms with E-state index in [4.69, 9.17) is 9.47 Å². The first kappa shape index (κ1) is 28.0. The lowest BCUT2D eigenvalue weighted by molar-refractivity contribution is 0.413. The van der Waals surface area contributed by atoms with Crippen LogP contribution in [-0.4, -0.2) is 30.7 Å². The summed E-state index contributed by atoms with van der Waals surface area (Å²) in [6, 6.07) is 10.9. The molecule has 1 heterocycles. The predicted octanol–water partition coefficient (Wildman–Crippen LogP) is 9.54. The van der Waals surface area contributed by atoms with Gasteiger partial charge in [-0.1, -0.05) is 58.3 Å². The highest BCUT2D eigenvalue weighted by atomic mass is 32.2. The number of aryl methyl sites for hydroxylation is 3. The molecule has 0 saturated heterocycles. The van der Waals surface area contributed by atoms with Gasteiger partial charge in [-0.15, -0.1) is 0 Å². The monoisotopic (exact) mass is 521 g/mol. The van der Waals surface area contributed by atoms with Crippen molar-refractivity contribution in [3.05, 3.63) is 47.0 Å². The Bertz CT molecular complexity index is 1120. The van der Waals surface area contributed by atoms with Crippen LogP contribution >= 0.6 is 11.8 Å². The van der Waals surface area contributed by atoms with Gasteiger partial charge >= 0.3 is 0 Å². The summed E-state index contributed by atoms with van der Waals surface area (Å²) in [6.07, 6.45) is 18.3. The van der Waals surface area contributed by atoms with Gasteiger partial charge in [0.1, 0.15) is 11.5 Å². The van der Waals surface area contributed by atoms with Crippen molar-refractivity contribution in [3.8, 4) is 22.8 Å². The number of hydrogen-bond donors (Lipinski definition) is 1. The molecular formula is C33H47NO2S. The number of aromatic nitrogens is 1. The molecule has 1 aliphatic rings. The van der Waals surface area contributed by atoms with Crippen LogP contribution in [0.3, 0.4) is 0 Å². The second-order valence-corrected chi connectivity index (χ2v) is 11.8. The van der Waals surface area contributed by atoms with Crippen molar-refractivity contribution in [3.63, 3.8) is 0 Å². The van der Waals surface area contributed by atoms with Crippen molar-refractivity contribution in [1.82, 2.24) is 4.98 Å². The number of hydrogen-bond acceptors (Lipinski definition) is 3. The van der Waals surface area contributed by atoms with Crippen molar-refractivity contribution >= 4 is 22.7 Å². The maximum atomic E-state index is 5.69. The molecule has 2 aromatic carbocycles. The zero-order valence-electron chi connectivity index (χ0n) is 23.4. The molecule has 1 N–H and O–H groups in total. The zero-order chi connectivity index (χ0) is 25.9. The van der Waals surface area contributed by atoms with Crippen molar-refractivity contribution in [2.24, 2.45) is 0 Å². The van der Waals surface area contributed by atoms with Gasteiger partial charge in [-0.05, 0) is 97.1 Å². The Morgan fingerprint density at radius 3 is 2.19 bits per heavy atom. The molecule has 1 aromatic heterocycles. The summed E-state index contributed by atoms with van der Waals surface area (Å²) < 4.78 is 11.2. The summed E-state index contributed by atoms with van der Waals surface area (Å²) in [6.45, 7) is 2.29. The lowest BCUT2D eigenvalue weighted by atomic mass is 9.84. The Kier molecular flexibility index (Phi) is 11.1. The van der Waals surface area contributed by atoms with E-state index < -0.39 is 0 Å². The van der Waals surface area contributed by atoms with Crippen molar-refractivity contribution < 1.29 is 9.47 Å². The number of thioether (sulfide) groups is 1. The molecule has 37 heavy (non-hydrogen) atoms. The second-order valence-electron chi connectivity index (χ2n) is 10.6. The molecule has 202 valence electrons. The highest BCUT2D eigenvalue weighted by Crippen LogP contribution is 2.42. The van der Waals surface area contributed by atoms with Gasteiger partial charge in [-0.25, -0.2) is 0 Å². The third-order valence-corrected chi connectivity index (χ3v) is 9.05. The molecule has 0 bridgehead atoms. The van der Waals surface area contributed by atoms with Crippen LogP contribution in [0.15, 0.2) is 30.3 Å². The smallest absolute Gasteiger partial charge is 0.119 e. The Hall–Kier alpha value is -2.07. The normalized spacial score (nSPS) is 12.5. The van der Waals surface area contributed by atoms with E-state index in [1.165, 1.54) is 121 Å². The molecular weight excluding hydrogens is 474 g/mol. The SMILES string of the molecule is CCCCCSCCCCCCCCCCc1cc(OC)cc2c1-c1[nH]c3ccc(OC)cc3c1CC2. The molecule has 0 aliphatic heterocycles. The van der Waals surface area contributed by atoms with Gasteiger partial charge in [0.2, 0.25) is 0 Å². The zero-order valence-corrected chi connectivity index (χ0v) is 24.2. The number of ether oxygens (including phenoxy) is 2.